The molecular formula is C32H35FO5. The molecule has 0 unspecified atom stereocenters. The zero-order valence-corrected chi connectivity index (χ0v) is 22.3. The molecule has 1 aliphatic rings. The molecule has 0 aromatic heterocycles. The third kappa shape index (κ3) is 6.81. The Labute approximate surface area is 224 Å². The summed E-state index contributed by atoms with van der Waals surface area (Å²) >= 11 is 0. The lowest BCUT2D eigenvalue weighted by molar-refractivity contribution is -0.141. The second-order valence-corrected chi connectivity index (χ2v) is 9.41. The van der Waals surface area contributed by atoms with Gasteiger partial charge in [0.25, 0.3) is 0 Å². The number of benzene rings is 3. The average molecular weight is 519 g/mol. The molecule has 1 aliphatic heterocycles. The van der Waals surface area contributed by atoms with Gasteiger partial charge in [-0.3, -0.25) is 4.79 Å². The van der Waals surface area contributed by atoms with Gasteiger partial charge in [0.1, 0.15) is 23.9 Å². The second kappa shape index (κ2) is 13.2. The Balaban J connectivity index is 1.60. The van der Waals surface area contributed by atoms with E-state index in [0.29, 0.717) is 37.6 Å². The predicted octanol–water partition coefficient (Wildman–Crippen LogP) is 7.33. The normalized spacial score (nSPS) is 13.9. The number of halogens is 1. The number of rotatable bonds is 11. The summed E-state index contributed by atoms with van der Waals surface area (Å²) in [5.41, 5.74) is 5.44. The Bertz CT molecular complexity index is 1280. The number of carbonyl (C=O) groups is 1. The summed E-state index contributed by atoms with van der Waals surface area (Å²) in [4.78, 5) is 11.9. The molecule has 0 spiro atoms. The van der Waals surface area contributed by atoms with Crippen molar-refractivity contribution < 1.29 is 28.1 Å². The summed E-state index contributed by atoms with van der Waals surface area (Å²) < 4.78 is 36.9. The molecule has 0 amide bonds. The van der Waals surface area contributed by atoms with Gasteiger partial charge >= 0.3 is 5.97 Å². The highest BCUT2D eigenvalue weighted by Gasteiger charge is 2.18. The maximum atomic E-state index is 14.9. The Morgan fingerprint density at radius 1 is 1.00 bits per heavy atom. The van der Waals surface area contributed by atoms with Crippen LogP contribution in [0.15, 0.2) is 66.7 Å². The zero-order valence-electron chi connectivity index (χ0n) is 22.3. The minimum atomic E-state index is -0.297. The van der Waals surface area contributed by atoms with Crippen LogP contribution in [0.1, 0.15) is 55.2 Å². The van der Waals surface area contributed by atoms with Gasteiger partial charge in [-0.1, -0.05) is 43.7 Å². The lowest BCUT2D eigenvalue weighted by atomic mass is 9.90. The smallest absolute Gasteiger partial charge is 0.306 e. The number of hydrogen-bond acceptors (Lipinski definition) is 5. The lowest BCUT2D eigenvalue weighted by Gasteiger charge is -2.20. The molecule has 3 aromatic carbocycles. The van der Waals surface area contributed by atoms with E-state index in [-0.39, 0.29) is 17.7 Å². The Kier molecular flexibility index (Phi) is 9.55. The van der Waals surface area contributed by atoms with Gasteiger partial charge in [0, 0.05) is 5.56 Å². The van der Waals surface area contributed by atoms with Crippen LogP contribution in [0, 0.1) is 5.82 Å². The van der Waals surface area contributed by atoms with E-state index in [4.69, 9.17) is 18.9 Å². The molecule has 0 saturated carbocycles. The Hall–Kier alpha value is -3.64. The fraction of sp³-hybridized carbons (Fsp3) is 0.344. The quantitative estimate of drug-likeness (QED) is 0.249. The molecule has 6 heteroatoms. The van der Waals surface area contributed by atoms with Crippen LogP contribution in [-0.2, 0) is 20.9 Å². The first-order valence-electron chi connectivity index (χ1n) is 13.1. The van der Waals surface area contributed by atoms with Crippen LogP contribution in [0.25, 0.3) is 16.7 Å². The highest BCUT2D eigenvalue weighted by atomic mass is 19.1. The second-order valence-electron chi connectivity index (χ2n) is 9.41. The van der Waals surface area contributed by atoms with Gasteiger partial charge in [-0.2, -0.15) is 0 Å². The van der Waals surface area contributed by atoms with Crippen molar-refractivity contribution in [2.24, 2.45) is 0 Å². The van der Waals surface area contributed by atoms with E-state index in [2.05, 4.69) is 19.1 Å². The van der Waals surface area contributed by atoms with E-state index >= 15 is 0 Å². The van der Waals surface area contributed by atoms with Crippen molar-refractivity contribution in [3.05, 3.63) is 89.2 Å². The van der Waals surface area contributed by atoms with Crippen LogP contribution >= 0.6 is 0 Å². The highest BCUT2D eigenvalue weighted by molar-refractivity contribution is 5.83. The SMILES string of the molecule is CCC[C@@H](CC(=O)OC)c1cccc(OCc2ccc(-c3cc(OC)ccc3F)c(C3=CCOCC3)c2)c1. The zero-order chi connectivity index (χ0) is 26.9. The van der Waals surface area contributed by atoms with Crippen molar-refractivity contribution in [3.8, 4) is 22.6 Å². The van der Waals surface area contributed by atoms with Crippen molar-refractivity contribution in [1.29, 1.82) is 0 Å². The topological polar surface area (TPSA) is 54.0 Å². The largest absolute Gasteiger partial charge is 0.497 e. The number of ether oxygens (including phenoxy) is 4. The van der Waals surface area contributed by atoms with Crippen molar-refractivity contribution in [1.82, 2.24) is 0 Å². The lowest BCUT2D eigenvalue weighted by Crippen LogP contribution is -2.09. The van der Waals surface area contributed by atoms with E-state index in [1.807, 2.05) is 36.4 Å². The van der Waals surface area contributed by atoms with Crippen molar-refractivity contribution >= 4 is 11.5 Å². The van der Waals surface area contributed by atoms with Crippen LogP contribution in [0.5, 0.6) is 11.5 Å². The van der Waals surface area contributed by atoms with Gasteiger partial charge in [-0.15, -0.1) is 0 Å². The predicted molar refractivity (Wildman–Crippen MR) is 147 cm³/mol. The molecule has 1 atom stereocenters. The number of carbonyl (C=O) groups excluding carboxylic acids is 1. The van der Waals surface area contributed by atoms with Gasteiger partial charge in [0.15, 0.2) is 0 Å². The van der Waals surface area contributed by atoms with Gasteiger partial charge in [-0.05, 0) is 83.0 Å². The Morgan fingerprint density at radius 2 is 1.87 bits per heavy atom. The average Bonchev–Trinajstić information content (AvgIpc) is 2.96. The van der Waals surface area contributed by atoms with Gasteiger partial charge in [0.2, 0.25) is 0 Å². The highest BCUT2D eigenvalue weighted by Crippen LogP contribution is 2.36. The molecule has 4 rings (SSSR count). The molecule has 0 N–H and O–H groups in total. The van der Waals surface area contributed by atoms with Crippen LogP contribution in [0.2, 0.25) is 0 Å². The molecule has 3 aromatic rings. The summed E-state index contributed by atoms with van der Waals surface area (Å²) in [5.74, 6) is 0.920. The third-order valence-electron chi connectivity index (χ3n) is 6.87. The minimum Gasteiger partial charge on any atom is -0.497 e. The first-order valence-corrected chi connectivity index (χ1v) is 13.1. The maximum Gasteiger partial charge on any atom is 0.306 e. The molecule has 200 valence electrons. The maximum absolute atomic E-state index is 14.9. The van der Waals surface area contributed by atoms with Gasteiger partial charge in [-0.25, -0.2) is 4.39 Å². The molecular weight excluding hydrogens is 483 g/mol. The third-order valence-corrected chi connectivity index (χ3v) is 6.87. The first kappa shape index (κ1) is 27.4. The molecule has 0 fully saturated rings. The fourth-order valence-electron chi connectivity index (χ4n) is 4.84. The van der Waals surface area contributed by atoms with Crippen LogP contribution in [-0.4, -0.2) is 33.4 Å². The number of esters is 1. The van der Waals surface area contributed by atoms with E-state index in [9.17, 15) is 9.18 Å². The fourth-order valence-corrected chi connectivity index (χ4v) is 4.84. The summed E-state index contributed by atoms with van der Waals surface area (Å²) in [6, 6.07) is 18.7. The van der Waals surface area contributed by atoms with E-state index in [0.717, 1.165) is 52.8 Å². The molecule has 0 bridgehead atoms. The van der Waals surface area contributed by atoms with E-state index in [1.165, 1.54) is 13.2 Å². The van der Waals surface area contributed by atoms with E-state index in [1.54, 1.807) is 19.2 Å². The monoisotopic (exact) mass is 518 g/mol. The minimum absolute atomic E-state index is 0.0834. The van der Waals surface area contributed by atoms with Crippen LogP contribution in [0.4, 0.5) is 4.39 Å². The van der Waals surface area contributed by atoms with Crippen molar-refractivity contribution in [2.75, 3.05) is 27.4 Å². The summed E-state index contributed by atoms with van der Waals surface area (Å²) in [6.07, 6.45) is 5.02. The number of methoxy groups -OCH3 is 2. The van der Waals surface area contributed by atoms with Crippen molar-refractivity contribution in [3.63, 3.8) is 0 Å². The van der Waals surface area contributed by atoms with E-state index < -0.39 is 0 Å². The molecule has 1 heterocycles. The number of hydrogen-bond donors (Lipinski definition) is 0. The summed E-state index contributed by atoms with van der Waals surface area (Å²) in [7, 11) is 3.00. The van der Waals surface area contributed by atoms with Crippen LogP contribution < -0.4 is 9.47 Å². The molecule has 0 saturated heterocycles. The Morgan fingerprint density at radius 3 is 2.61 bits per heavy atom. The molecule has 5 nitrogen and oxygen atoms in total. The van der Waals surface area contributed by atoms with Gasteiger partial charge < -0.3 is 18.9 Å². The molecule has 38 heavy (non-hydrogen) atoms. The molecule has 0 radical (unpaired) electrons. The molecule has 0 aliphatic carbocycles. The first-order chi connectivity index (χ1) is 18.5. The van der Waals surface area contributed by atoms with Crippen LogP contribution in [0.3, 0.4) is 0 Å². The van der Waals surface area contributed by atoms with Gasteiger partial charge in [0.05, 0.1) is 33.9 Å². The standard InChI is InChI=1S/C32H35FO5/c1-4-6-24(19-32(34)36-3)25-7-5-8-27(18-25)38-21-22-9-11-28(29(17-22)23-13-15-37-16-14-23)30-20-26(35-2)10-12-31(30)33/h5,7-13,17-18,20,24H,4,6,14-16,19,21H2,1-3H3/t24-/m0/s1. The van der Waals surface area contributed by atoms with Crippen molar-refractivity contribution in [2.45, 2.75) is 45.1 Å². The summed E-state index contributed by atoms with van der Waals surface area (Å²) in [6.45, 7) is 3.63. The summed E-state index contributed by atoms with van der Waals surface area (Å²) in [5, 5.41) is 0.